The number of rotatable bonds is 4. The standard InChI is InChI=1S/C7H16N2O/c1-8(2)5-7(6-10)9(3)4/h6-7H,5H2,1-4H3. The molecule has 0 aliphatic heterocycles. The van der Waals surface area contributed by atoms with Crippen molar-refractivity contribution in [3.8, 4) is 0 Å². The van der Waals surface area contributed by atoms with Crippen LogP contribution >= 0.6 is 0 Å². The lowest BCUT2D eigenvalue weighted by atomic mass is 10.3. The van der Waals surface area contributed by atoms with E-state index in [0.717, 1.165) is 12.8 Å². The van der Waals surface area contributed by atoms with Crippen LogP contribution in [0.15, 0.2) is 0 Å². The van der Waals surface area contributed by atoms with Crippen molar-refractivity contribution in [2.45, 2.75) is 6.04 Å². The molecule has 60 valence electrons. The Morgan fingerprint density at radius 3 is 1.90 bits per heavy atom. The Labute approximate surface area is 62.6 Å². The zero-order valence-corrected chi connectivity index (χ0v) is 7.16. The van der Waals surface area contributed by atoms with Crippen LogP contribution in [0.1, 0.15) is 0 Å². The monoisotopic (exact) mass is 144 g/mol. The van der Waals surface area contributed by atoms with Crippen LogP contribution < -0.4 is 0 Å². The minimum absolute atomic E-state index is 0.0231. The summed E-state index contributed by atoms with van der Waals surface area (Å²) in [4.78, 5) is 14.3. The molecule has 0 radical (unpaired) electrons. The smallest absolute Gasteiger partial charge is 0.138 e. The molecule has 10 heavy (non-hydrogen) atoms. The average molecular weight is 144 g/mol. The number of carbonyl (C=O) groups excluding carboxylic acids is 1. The Kier molecular flexibility index (Phi) is 4.23. The van der Waals surface area contributed by atoms with Crippen molar-refractivity contribution in [1.29, 1.82) is 0 Å². The molecular weight excluding hydrogens is 128 g/mol. The quantitative estimate of drug-likeness (QED) is 0.505. The van der Waals surface area contributed by atoms with E-state index >= 15 is 0 Å². The summed E-state index contributed by atoms with van der Waals surface area (Å²) in [6.45, 7) is 0.788. The van der Waals surface area contributed by atoms with E-state index in [1.54, 1.807) is 0 Å². The van der Waals surface area contributed by atoms with Gasteiger partial charge in [-0.3, -0.25) is 4.90 Å². The van der Waals surface area contributed by atoms with Crippen LogP contribution in [0.2, 0.25) is 0 Å². The first-order valence-electron chi connectivity index (χ1n) is 3.34. The van der Waals surface area contributed by atoms with Crippen molar-refractivity contribution < 1.29 is 4.79 Å². The summed E-state index contributed by atoms with van der Waals surface area (Å²) in [5.74, 6) is 0. The van der Waals surface area contributed by atoms with Gasteiger partial charge in [-0.2, -0.15) is 0 Å². The van der Waals surface area contributed by atoms with Crippen LogP contribution in [-0.2, 0) is 4.79 Å². The second kappa shape index (κ2) is 4.41. The van der Waals surface area contributed by atoms with Gasteiger partial charge in [0, 0.05) is 6.54 Å². The number of carbonyl (C=O) groups is 1. The molecule has 3 nitrogen and oxygen atoms in total. The van der Waals surface area contributed by atoms with Gasteiger partial charge in [0.05, 0.1) is 6.04 Å². The highest BCUT2D eigenvalue weighted by atomic mass is 16.1. The fraction of sp³-hybridized carbons (Fsp3) is 0.857. The van der Waals surface area contributed by atoms with Crippen molar-refractivity contribution in [2.24, 2.45) is 0 Å². The maximum atomic E-state index is 10.4. The maximum absolute atomic E-state index is 10.4. The molecule has 0 aliphatic carbocycles. The van der Waals surface area contributed by atoms with E-state index < -0.39 is 0 Å². The van der Waals surface area contributed by atoms with Gasteiger partial charge in [-0.15, -0.1) is 0 Å². The van der Waals surface area contributed by atoms with Gasteiger partial charge in [-0.1, -0.05) is 0 Å². The van der Waals surface area contributed by atoms with Gasteiger partial charge in [0.15, 0.2) is 0 Å². The maximum Gasteiger partial charge on any atom is 0.138 e. The number of hydrogen-bond acceptors (Lipinski definition) is 3. The van der Waals surface area contributed by atoms with Gasteiger partial charge in [-0.25, -0.2) is 0 Å². The second-order valence-corrected chi connectivity index (χ2v) is 2.93. The normalized spacial score (nSPS) is 14.2. The molecule has 0 aromatic rings. The van der Waals surface area contributed by atoms with Gasteiger partial charge in [0.2, 0.25) is 0 Å². The van der Waals surface area contributed by atoms with Gasteiger partial charge >= 0.3 is 0 Å². The molecule has 0 N–H and O–H groups in total. The molecule has 0 heterocycles. The van der Waals surface area contributed by atoms with E-state index in [4.69, 9.17) is 0 Å². The fourth-order valence-electron chi connectivity index (χ4n) is 0.702. The van der Waals surface area contributed by atoms with Crippen LogP contribution in [0, 0.1) is 0 Å². The minimum atomic E-state index is 0.0231. The molecule has 1 atom stereocenters. The van der Waals surface area contributed by atoms with E-state index in [9.17, 15) is 4.79 Å². The van der Waals surface area contributed by atoms with Crippen molar-refractivity contribution in [3.63, 3.8) is 0 Å². The molecule has 3 heteroatoms. The molecule has 0 saturated carbocycles. The van der Waals surface area contributed by atoms with Crippen LogP contribution in [0.3, 0.4) is 0 Å². The van der Waals surface area contributed by atoms with E-state index in [1.165, 1.54) is 0 Å². The van der Waals surface area contributed by atoms with Crippen LogP contribution in [0.5, 0.6) is 0 Å². The van der Waals surface area contributed by atoms with E-state index in [-0.39, 0.29) is 6.04 Å². The number of hydrogen-bond donors (Lipinski definition) is 0. The van der Waals surface area contributed by atoms with E-state index in [0.29, 0.717) is 0 Å². The predicted octanol–water partition coefficient (Wildman–Crippen LogP) is -0.323. The predicted molar refractivity (Wildman–Crippen MR) is 42.1 cm³/mol. The topological polar surface area (TPSA) is 23.6 Å². The van der Waals surface area contributed by atoms with Gasteiger partial charge in [0.25, 0.3) is 0 Å². The highest BCUT2D eigenvalue weighted by Crippen LogP contribution is 1.89. The Morgan fingerprint density at radius 2 is 1.80 bits per heavy atom. The molecule has 0 rings (SSSR count). The molecule has 0 amide bonds. The largest absolute Gasteiger partial charge is 0.307 e. The molecule has 0 aliphatic rings. The number of nitrogens with zero attached hydrogens (tertiary/aromatic N) is 2. The highest BCUT2D eigenvalue weighted by molar-refractivity contribution is 5.57. The Hall–Kier alpha value is -0.410. The molecule has 1 unspecified atom stereocenters. The Bertz CT molecular complexity index is 102. The lowest BCUT2D eigenvalue weighted by molar-refractivity contribution is -0.112. The van der Waals surface area contributed by atoms with Crippen LogP contribution in [0.25, 0.3) is 0 Å². The van der Waals surface area contributed by atoms with E-state index in [2.05, 4.69) is 0 Å². The summed E-state index contributed by atoms with van der Waals surface area (Å²) in [6.07, 6.45) is 0.972. The molecule has 0 bridgehead atoms. The first kappa shape index (κ1) is 9.59. The summed E-state index contributed by atoms with van der Waals surface area (Å²) >= 11 is 0. The molecule has 0 aromatic carbocycles. The van der Waals surface area contributed by atoms with Gasteiger partial charge < -0.3 is 9.69 Å². The summed E-state index contributed by atoms with van der Waals surface area (Å²) in [5, 5.41) is 0. The summed E-state index contributed by atoms with van der Waals surface area (Å²) in [6, 6.07) is 0.0231. The van der Waals surface area contributed by atoms with Crippen molar-refractivity contribution in [3.05, 3.63) is 0 Å². The number of likely N-dealkylation sites (N-methyl/N-ethyl adjacent to an activating group) is 2. The summed E-state index contributed by atoms with van der Waals surface area (Å²) in [7, 11) is 7.73. The number of aldehydes is 1. The molecule has 0 saturated heterocycles. The van der Waals surface area contributed by atoms with Crippen molar-refractivity contribution in [1.82, 2.24) is 9.80 Å². The van der Waals surface area contributed by atoms with E-state index in [1.807, 2.05) is 38.0 Å². The zero-order valence-electron chi connectivity index (χ0n) is 7.16. The molecule has 0 spiro atoms. The minimum Gasteiger partial charge on any atom is -0.307 e. The lowest BCUT2D eigenvalue weighted by Crippen LogP contribution is -2.38. The van der Waals surface area contributed by atoms with Crippen LogP contribution in [-0.4, -0.2) is 56.9 Å². The fourth-order valence-corrected chi connectivity index (χ4v) is 0.702. The Morgan fingerprint density at radius 1 is 1.30 bits per heavy atom. The Balaban J connectivity index is 3.71. The SMILES string of the molecule is CN(C)CC(C=O)N(C)C. The van der Waals surface area contributed by atoms with Crippen LogP contribution in [0.4, 0.5) is 0 Å². The van der Waals surface area contributed by atoms with Crippen molar-refractivity contribution in [2.75, 3.05) is 34.7 Å². The third kappa shape index (κ3) is 3.58. The third-order valence-corrected chi connectivity index (χ3v) is 1.37. The molecule has 0 fully saturated rings. The van der Waals surface area contributed by atoms with Gasteiger partial charge in [0.1, 0.15) is 6.29 Å². The molecule has 0 aromatic heterocycles. The highest BCUT2D eigenvalue weighted by Gasteiger charge is 2.09. The van der Waals surface area contributed by atoms with Gasteiger partial charge in [-0.05, 0) is 28.2 Å². The molecular formula is C7H16N2O. The first-order valence-corrected chi connectivity index (χ1v) is 3.34. The average Bonchev–Trinajstić information content (AvgIpc) is 1.81. The lowest BCUT2D eigenvalue weighted by Gasteiger charge is -2.21. The first-order chi connectivity index (χ1) is 4.57. The second-order valence-electron chi connectivity index (χ2n) is 2.93. The van der Waals surface area contributed by atoms with Crippen molar-refractivity contribution >= 4 is 6.29 Å². The summed E-state index contributed by atoms with van der Waals surface area (Å²) in [5.41, 5.74) is 0. The third-order valence-electron chi connectivity index (χ3n) is 1.37. The zero-order chi connectivity index (χ0) is 8.15. The summed E-state index contributed by atoms with van der Waals surface area (Å²) < 4.78 is 0.